The average molecular weight is 243 g/mol. The van der Waals surface area contributed by atoms with Crippen molar-refractivity contribution in [3.63, 3.8) is 0 Å². The summed E-state index contributed by atoms with van der Waals surface area (Å²) >= 11 is 0. The highest BCUT2D eigenvalue weighted by atomic mass is 16.5. The van der Waals surface area contributed by atoms with E-state index in [0.717, 1.165) is 26.0 Å². The van der Waals surface area contributed by atoms with E-state index in [1.165, 1.54) is 12.8 Å². The molecule has 2 unspecified atom stereocenters. The monoisotopic (exact) mass is 243 g/mol. The number of nitrogens with one attached hydrogen (secondary N) is 1. The van der Waals surface area contributed by atoms with Gasteiger partial charge in [-0.25, -0.2) is 0 Å². The van der Waals surface area contributed by atoms with Crippen LogP contribution in [0.5, 0.6) is 0 Å². The fourth-order valence-corrected chi connectivity index (χ4v) is 2.46. The zero-order chi connectivity index (χ0) is 12.1. The lowest BCUT2D eigenvalue weighted by atomic mass is 9.95. The summed E-state index contributed by atoms with van der Waals surface area (Å²) in [5.41, 5.74) is -0.210. The van der Waals surface area contributed by atoms with Crippen LogP contribution in [-0.4, -0.2) is 49.7 Å². The summed E-state index contributed by atoms with van der Waals surface area (Å²) in [6.07, 6.45) is 4.72. The van der Waals surface area contributed by atoms with Crippen LogP contribution in [0, 0.1) is 5.92 Å². The van der Waals surface area contributed by atoms with Crippen molar-refractivity contribution in [2.45, 2.75) is 44.2 Å². The molecule has 0 spiro atoms. The summed E-state index contributed by atoms with van der Waals surface area (Å²) < 4.78 is 11.2. The Bertz CT molecular complexity index is 227. The van der Waals surface area contributed by atoms with Crippen LogP contribution in [0.2, 0.25) is 0 Å². The lowest BCUT2D eigenvalue weighted by Gasteiger charge is -2.34. The molecule has 1 saturated carbocycles. The lowest BCUT2D eigenvalue weighted by Crippen LogP contribution is -2.55. The molecule has 0 bridgehead atoms. The maximum absolute atomic E-state index is 9.71. The number of rotatable bonds is 8. The van der Waals surface area contributed by atoms with E-state index in [9.17, 15) is 5.11 Å². The third-order valence-corrected chi connectivity index (χ3v) is 3.83. The second-order valence-corrected chi connectivity index (χ2v) is 5.31. The average Bonchev–Trinajstić information content (AvgIpc) is 3.08. The van der Waals surface area contributed by atoms with Gasteiger partial charge in [0.05, 0.1) is 31.5 Å². The first-order valence-electron chi connectivity index (χ1n) is 6.86. The van der Waals surface area contributed by atoms with E-state index in [4.69, 9.17) is 9.47 Å². The first kappa shape index (κ1) is 13.3. The molecular formula is C13H25NO3. The number of ether oxygens (including phenoxy) is 2. The van der Waals surface area contributed by atoms with Gasteiger partial charge in [-0.1, -0.05) is 6.92 Å². The summed E-state index contributed by atoms with van der Waals surface area (Å²) in [7, 11) is 0. The standard InChI is InChI=1S/C13H25NO3/c1-2-6-14-13(9-15,11-3-4-11)10-17-12-5-7-16-8-12/h11-12,14-15H,2-10H2,1H3. The molecule has 0 aromatic carbocycles. The van der Waals surface area contributed by atoms with Crippen LogP contribution in [0.1, 0.15) is 32.6 Å². The van der Waals surface area contributed by atoms with Gasteiger partial charge in [-0.05, 0) is 38.1 Å². The van der Waals surface area contributed by atoms with Gasteiger partial charge < -0.3 is 19.9 Å². The maximum Gasteiger partial charge on any atom is 0.0831 e. The molecule has 2 fully saturated rings. The molecule has 1 saturated heterocycles. The predicted molar refractivity (Wildman–Crippen MR) is 66.0 cm³/mol. The second-order valence-electron chi connectivity index (χ2n) is 5.31. The number of aliphatic hydroxyl groups is 1. The van der Waals surface area contributed by atoms with E-state index in [1.54, 1.807) is 0 Å². The Hall–Kier alpha value is -0.160. The van der Waals surface area contributed by atoms with Crippen molar-refractivity contribution < 1.29 is 14.6 Å². The molecule has 0 aromatic rings. The van der Waals surface area contributed by atoms with E-state index >= 15 is 0 Å². The van der Waals surface area contributed by atoms with Crippen molar-refractivity contribution in [3.05, 3.63) is 0 Å². The van der Waals surface area contributed by atoms with Gasteiger partial charge in [0, 0.05) is 6.61 Å². The minimum atomic E-state index is -0.210. The molecule has 2 N–H and O–H groups in total. The Morgan fingerprint density at radius 1 is 1.41 bits per heavy atom. The Morgan fingerprint density at radius 2 is 2.24 bits per heavy atom. The van der Waals surface area contributed by atoms with Crippen LogP contribution < -0.4 is 5.32 Å². The van der Waals surface area contributed by atoms with Crippen LogP contribution in [0.3, 0.4) is 0 Å². The topological polar surface area (TPSA) is 50.7 Å². The molecule has 1 aliphatic heterocycles. The van der Waals surface area contributed by atoms with Gasteiger partial charge in [0.2, 0.25) is 0 Å². The number of aliphatic hydroxyl groups excluding tert-OH is 1. The Kier molecular flexibility index (Phi) is 4.79. The molecule has 4 nitrogen and oxygen atoms in total. The van der Waals surface area contributed by atoms with Crippen molar-refractivity contribution in [2.24, 2.45) is 5.92 Å². The van der Waals surface area contributed by atoms with Gasteiger partial charge in [-0.3, -0.25) is 0 Å². The Balaban J connectivity index is 1.84. The van der Waals surface area contributed by atoms with Crippen molar-refractivity contribution in [1.82, 2.24) is 5.32 Å². The molecule has 1 heterocycles. The van der Waals surface area contributed by atoms with Crippen molar-refractivity contribution >= 4 is 0 Å². The van der Waals surface area contributed by atoms with Gasteiger partial charge in [0.15, 0.2) is 0 Å². The molecule has 1 aliphatic carbocycles. The summed E-state index contributed by atoms with van der Waals surface area (Å²) in [5, 5.41) is 13.2. The van der Waals surface area contributed by atoms with E-state index in [0.29, 0.717) is 19.1 Å². The molecule has 17 heavy (non-hydrogen) atoms. The Morgan fingerprint density at radius 3 is 2.76 bits per heavy atom. The predicted octanol–water partition coefficient (Wildman–Crippen LogP) is 0.933. The maximum atomic E-state index is 9.71. The molecular weight excluding hydrogens is 218 g/mol. The molecule has 4 heteroatoms. The van der Waals surface area contributed by atoms with Crippen molar-refractivity contribution in [2.75, 3.05) is 33.0 Å². The Labute approximate surface area is 104 Å². The summed E-state index contributed by atoms with van der Waals surface area (Å²) in [6.45, 7) is 5.39. The van der Waals surface area contributed by atoms with Gasteiger partial charge in [-0.15, -0.1) is 0 Å². The molecule has 0 aromatic heterocycles. The van der Waals surface area contributed by atoms with Crippen LogP contribution in [-0.2, 0) is 9.47 Å². The van der Waals surface area contributed by atoms with Gasteiger partial charge in [-0.2, -0.15) is 0 Å². The second kappa shape index (κ2) is 6.14. The summed E-state index contributed by atoms with van der Waals surface area (Å²) in [5.74, 6) is 0.585. The first-order chi connectivity index (χ1) is 8.30. The SMILES string of the molecule is CCCNC(CO)(COC1CCOC1)C1CC1. The van der Waals surface area contributed by atoms with E-state index in [1.807, 2.05) is 0 Å². The first-order valence-corrected chi connectivity index (χ1v) is 6.86. The molecule has 100 valence electrons. The molecule has 0 amide bonds. The number of hydrogen-bond donors (Lipinski definition) is 2. The van der Waals surface area contributed by atoms with Crippen molar-refractivity contribution in [1.29, 1.82) is 0 Å². The van der Waals surface area contributed by atoms with Gasteiger partial charge in [0.25, 0.3) is 0 Å². The summed E-state index contributed by atoms with van der Waals surface area (Å²) in [4.78, 5) is 0. The third-order valence-electron chi connectivity index (χ3n) is 3.83. The van der Waals surface area contributed by atoms with Gasteiger partial charge in [0.1, 0.15) is 0 Å². The highest BCUT2D eigenvalue weighted by Crippen LogP contribution is 2.40. The largest absolute Gasteiger partial charge is 0.394 e. The fourth-order valence-electron chi connectivity index (χ4n) is 2.46. The zero-order valence-electron chi connectivity index (χ0n) is 10.8. The van der Waals surface area contributed by atoms with E-state index in [-0.39, 0.29) is 18.2 Å². The smallest absolute Gasteiger partial charge is 0.0831 e. The summed E-state index contributed by atoms with van der Waals surface area (Å²) in [6, 6.07) is 0. The highest BCUT2D eigenvalue weighted by Gasteiger charge is 2.45. The minimum absolute atomic E-state index is 0.172. The van der Waals surface area contributed by atoms with E-state index < -0.39 is 0 Å². The van der Waals surface area contributed by atoms with Crippen molar-refractivity contribution in [3.8, 4) is 0 Å². The molecule has 2 rings (SSSR count). The van der Waals surface area contributed by atoms with Crippen LogP contribution in [0.4, 0.5) is 0 Å². The highest BCUT2D eigenvalue weighted by molar-refractivity contribution is 5.01. The van der Waals surface area contributed by atoms with Crippen LogP contribution in [0.25, 0.3) is 0 Å². The molecule has 2 atom stereocenters. The minimum Gasteiger partial charge on any atom is -0.394 e. The molecule has 2 aliphatic rings. The third kappa shape index (κ3) is 3.41. The number of hydrogen-bond acceptors (Lipinski definition) is 4. The molecule has 0 radical (unpaired) electrons. The zero-order valence-corrected chi connectivity index (χ0v) is 10.8. The lowest BCUT2D eigenvalue weighted by molar-refractivity contribution is -0.0206. The van der Waals surface area contributed by atoms with Crippen LogP contribution >= 0.6 is 0 Å². The van der Waals surface area contributed by atoms with Crippen LogP contribution in [0.15, 0.2) is 0 Å². The quantitative estimate of drug-likeness (QED) is 0.666. The van der Waals surface area contributed by atoms with E-state index in [2.05, 4.69) is 12.2 Å². The van der Waals surface area contributed by atoms with Gasteiger partial charge >= 0.3 is 0 Å². The fraction of sp³-hybridized carbons (Fsp3) is 1.00. The normalized spacial score (nSPS) is 28.2.